The largest absolute Gasteiger partial charge is 0.507 e. The molecule has 1 N–H and O–H groups in total. The summed E-state index contributed by atoms with van der Waals surface area (Å²) >= 11 is 0. The van der Waals surface area contributed by atoms with E-state index in [4.69, 9.17) is 0 Å². The maximum atomic E-state index is 11.7. The van der Waals surface area contributed by atoms with Crippen molar-refractivity contribution in [1.29, 1.82) is 0 Å². The highest BCUT2D eigenvalue weighted by Gasteiger charge is 2.20. The smallest absolute Gasteiger partial charge is 0.186 e. The zero-order chi connectivity index (χ0) is 12.3. The van der Waals surface area contributed by atoms with Gasteiger partial charge in [-0.1, -0.05) is 25.5 Å². The van der Waals surface area contributed by atoms with E-state index in [1.54, 1.807) is 24.3 Å². The second kappa shape index (κ2) is 4.95. The van der Waals surface area contributed by atoms with Crippen LogP contribution in [-0.4, -0.2) is 23.1 Å². The topological polar surface area (TPSA) is 49.7 Å². The summed E-state index contributed by atoms with van der Waals surface area (Å²) in [6.07, 6.45) is 5.27. The lowest BCUT2D eigenvalue weighted by atomic mass is 9.93. The van der Waals surface area contributed by atoms with E-state index in [-0.39, 0.29) is 11.5 Å². The summed E-state index contributed by atoms with van der Waals surface area (Å²) in [6, 6.07) is 4.98. The molecule has 3 heteroatoms. The monoisotopic (exact) mass is 229 g/mol. The molecule has 3 nitrogen and oxygen atoms in total. The van der Waals surface area contributed by atoms with Crippen LogP contribution in [-0.2, 0) is 0 Å². The van der Waals surface area contributed by atoms with Gasteiger partial charge in [0, 0.05) is 12.1 Å². The van der Waals surface area contributed by atoms with Gasteiger partial charge in [-0.05, 0) is 24.6 Å². The summed E-state index contributed by atoms with van der Waals surface area (Å²) in [5, 5.41) is 9.83. The molecule has 0 aliphatic heterocycles. The molecule has 2 rings (SSSR count). The second-order valence-electron chi connectivity index (χ2n) is 4.02. The van der Waals surface area contributed by atoms with Gasteiger partial charge < -0.3 is 5.11 Å². The number of nitrogens with zero attached hydrogens (tertiary/aromatic N) is 1. The van der Waals surface area contributed by atoms with Gasteiger partial charge in [0.05, 0.1) is 11.3 Å². The van der Waals surface area contributed by atoms with Gasteiger partial charge in [0.2, 0.25) is 0 Å². The average molecular weight is 229 g/mol. The lowest BCUT2D eigenvalue weighted by Crippen LogP contribution is -2.13. The van der Waals surface area contributed by atoms with Crippen LogP contribution >= 0.6 is 0 Å². The number of fused-ring (bicyclic) bond motifs is 1. The second-order valence-corrected chi connectivity index (χ2v) is 4.02. The average Bonchev–Trinajstić information content (AvgIpc) is 2.33. The van der Waals surface area contributed by atoms with Gasteiger partial charge >= 0.3 is 0 Å². The molecule has 0 saturated carbocycles. The Kier molecular flexibility index (Phi) is 3.38. The minimum absolute atomic E-state index is 0.0784. The lowest BCUT2D eigenvalue weighted by molar-refractivity contribution is 0.104. The van der Waals surface area contributed by atoms with Gasteiger partial charge in [0.25, 0.3) is 0 Å². The summed E-state index contributed by atoms with van der Waals surface area (Å²) in [5.41, 5.74) is 1.80. The quantitative estimate of drug-likeness (QED) is 0.810. The molecule has 0 aromatic heterocycles. The van der Waals surface area contributed by atoms with Crippen LogP contribution in [0.5, 0.6) is 5.75 Å². The molecule has 0 unspecified atom stereocenters. The van der Waals surface area contributed by atoms with Crippen molar-refractivity contribution in [2.75, 3.05) is 6.54 Å². The molecule has 0 radical (unpaired) electrons. The number of carbonyl (C=O) groups is 1. The highest BCUT2D eigenvalue weighted by molar-refractivity contribution is 6.25. The van der Waals surface area contributed by atoms with Crippen molar-refractivity contribution >= 4 is 11.5 Å². The molecule has 88 valence electrons. The summed E-state index contributed by atoms with van der Waals surface area (Å²) in [7, 11) is 0. The van der Waals surface area contributed by atoms with Crippen molar-refractivity contribution in [3.8, 4) is 5.75 Å². The number of phenolic OH excluding ortho intramolecular Hbond substituents is 1. The Balaban J connectivity index is 2.42. The lowest BCUT2D eigenvalue weighted by Gasteiger charge is -2.13. The van der Waals surface area contributed by atoms with Crippen LogP contribution in [0.3, 0.4) is 0 Å². The zero-order valence-electron chi connectivity index (χ0n) is 9.81. The molecular weight excluding hydrogens is 214 g/mol. The van der Waals surface area contributed by atoms with Crippen LogP contribution in [0.4, 0.5) is 0 Å². The summed E-state index contributed by atoms with van der Waals surface area (Å²) < 4.78 is 0. The Morgan fingerprint density at radius 3 is 2.88 bits per heavy atom. The number of aromatic hydroxyl groups is 1. The Hall–Kier alpha value is -1.90. The molecule has 0 bridgehead atoms. The number of rotatable bonds is 3. The molecule has 1 aromatic carbocycles. The zero-order valence-corrected chi connectivity index (χ0v) is 9.81. The van der Waals surface area contributed by atoms with E-state index in [1.807, 2.05) is 0 Å². The van der Waals surface area contributed by atoms with Crippen molar-refractivity contribution in [2.45, 2.75) is 19.8 Å². The highest BCUT2D eigenvalue weighted by atomic mass is 16.3. The Morgan fingerprint density at radius 2 is 2.12 bits per heavy atom. The fraction of sp³-hybridized carbons (Fsp3) is 0.286. The molecule has 0 spiro atoms. The van der Waals surface area contributed by atoms with Gasteiger partial charge in [-0.2, -0.15) is 0 Å². The van der Waals surface area contributed by atoms with E-state index in [0.29, 0.717) is 16.8 Å². The standard InChI is InChI=1S/C14H15NO2/c1-2-3-9-15-11-7-8-12(16)10-5-4-6-13(17)14(10)11/h4-8,17H,2-3,9H2,1H3. The number of hydrogen-bond acceptors (Lipinski definition) is 3. The third-order valence-corrected chi connectivity index (χ3v) is 2.75. The number of ketones is 1. The Bertz CT molecular complexity index is 501. The molecule has 0 fully saturated rings. The molecule has 1 aliphatic rings. The maximum absolute atomic E-state index is 11.7. The van der Waals surface area contributed by atoms with Crippen LogP contribution in [0.15, 0.2) is 35.3 Å². The van der Waals surface area contributed by atoms with Crippen molar-refractivity contribution in [2.24, 2.45) is 4.99 Å². The van der Waals surface area contributed by atoms with Crippen molar-refractivity contribution in [3.63, 3.8) is 0 Å². The van der Waals surface area contributed by atoms with Crippen LogP contribution in [0.25, 0.3) is 0 Å². The van der Waals surface area contributed by atoms with Crippen molar-refractivity contribution in [3.05, 3.63) is 41.5 Å². The SMILES string of the molecule is CCCCN=C1C=CC(=O)c2cccc(O)c21. The molecular formula is C14H15NO2. The Morgan fingerprint density at radius 1 is 1.29 bits per heavy atom. The number of phenols is 1. The van der Waals surface area contributed by atoms with E-state index >= 15 is 0 Å². The number of aliphatic imine (C=N–C) groups is 1. The normalized spacial score (nSPS) is 16.3. The summed E-state index contributed by atoms with van der Waals surface area (Å²) in [5.74, 6) is 0.0424. The van der Waals surface area contributed by atoms with E-state index in [0.717, 1.165) is 19.4 Å². The molecule has 0 amide bonds. The first kappa shape index (κ1) is 11.6. The third-order valence-electron chi connectivity index (χ3n) is 2.75. The first-order chi connectivity index (χ1) is 8.24. The van der Waals surface area contributed by atoms with E-state index in [1.165, 1.54) is 6.08 Å². The van der Waals surface area contributed by atoms with Crippen LogP contribution < -0.4 is 0 Å². The number of allylic oxidation sites excluding steroid dienone is 2. The van der Waals surface area contributed by atoms with E-state index in [9.17, 15) is 9.90 Å². The molecule has 17 heavy (non-hydrogen) atoms. The van der Waals surface area contributed by atoms with Crippen LogP contribution in [0.2, 0.25) is 0 Å². The molecule has 1 aliphatic carbocycles. The molecule has 1 aromatic rings. The first-order valence-electron chi connectivity index (χ1n) is 5.83. The van der Waals surface area contributed by atoms with Crippen molar-refractivity contribution < 1.29 is 9.90 Å². The fourth-order valence-corrected chi connectivity index (χ4v) is 1.83. The van der Waals surface area contributed by atoms with Gasteiger partial charge in [0.15, 0.2) is 5.78 Å². The van der Waals surface area contributed by atoms with Gasteiger partial charge in [0.1, 0.15) is 5.75 Å². The van der Waals surface area contributed by atoms with Gasteiger partial charge in [-0.15, -0.1) is 0 Å². The highest BCUT2D eigenvalue weighted by Crippen LogP contribution is 2.26. The Labute approximate surface area is 101 Å². The predicted molar refractivity (Wildman–Crippen MR) is 67.9 cm³/mol. The summed E-state index contributed by atoms with van der Waals surface area (Å²) in [6.45, 7) is 2.82. The third kappa shape index (κ3) is 2.28. The summed E-state index contributed by atoms with van der Waals surface area (Å²) in [4.78, 5) is 16.1. The van der Waals surface area contributed by atoms with E-state index < -0.39 is 0 Å². The number of unbranched alkanes of at least 4 members (excludes halogenated alkanes) is 1. The minimum atomic E-state index is -0.0784. The maximum Gasteiger partial charge on any atom is 0.186 e. The van der Waals surface area contributed by atoms with E-state index in [2.05, 4.69) is 11.9 Å². The molecule has 0 heterocycles. The molecule has 0 saturated heterocycles. The number of hydrogen-bond donors (Lipinski definition) is 1. The fourth-order valence-electron chi connectivity index (χ4n) is 1.83. The number of benzene rings is 1. The minimum Gasteiger partial charge on any atom is -0.507 e. The van der Waals surface area contributed by atoms with Crippen molar-refractivity contribution in [1.82, 2.24) is 0 Å². The van der Waals surface area contributed by atoms with Gasteiger partial charge in [-0.3, -0.25) is 9.79 Å². The van der Waals surface area contributed by atoms with Crippen LogP contribution in [0.1, 0.15) is 35.7 Å². The van der Waals surface area contributed by atoms with Gasteiger partial charge in [-0.25, -0.2) is 0 Å². The number of carbonyl (C=O) groups excluding carboxylic acids is 1. The van der Waals surface area contributed by atoms with Crippen LogP contribution in [0, 0.1) is 0 Å². The molecule has 0 atom stereocenters. The first-order valence-corrected chi connectivity index (χ1v) is 5.83. The predicted octanol–water partition coefficient (Wildman–Crippen LogP) is 2.73.